The van der Waals surface area contributed by atoms with Crippen molar-refractivity contribution < 1.29 is 4.74 Å². The Morgan fingerprint density at radius 3 is 2.43 bits per heavy atom. The van der Waals surface area contributed by atoms with Crippen LogP contribution in [0.5, 0.6) is 5.75 Å². The van der Waals surface area contributed by atoms with E-state index < -0.39 is 5.66 Å². The van der Waals surface area contributed by atoms with E-state index in [1.165, 1.54) is 6.42 Å². The summed E-state index contributed by atoms with van der Waals surface area (Å²) >= 11 is 0. The number of nitrogens with two attached hydrogens (primary N) is 2. The number of ether oxygens (including phenoxy) is 1. The van der Waals surface area contributed by atoms with E-state index in [-0.39, 0.29) is 5.96 Å². The maximum absolute atomic E-state index is 6.28. The fraction of sp³-hybridized carbons (Fsp3) is 0.529. The lowest BCUT2D eigenvalue weighted by atomic mass is 9.86. The Bertz CT molecular complexity index is 674. The number of anilines is 1. The molecule has 1 aromatic rings. The van der Waals surface area contributed by atoms with Crippen LogP contribution in [-0.2, 0) is 0 Å². The smallest absolute Gasteiger partial charge is 0.220 e. The number of guanidine groups is 2. The van der Waals surface area contributed by atoms with E-state index in [9.17, 15) is 0 Å². The number of hydrogen-bond acceptors (Lipinski definition) is 6. The molecule has 1 fully saturated rings. The van der Waals surface area contributed by atoms with Crippen LogP contribution >= 0.6 is 0 Å². The highest BCUT2D eigenvalue weighted by atomic mass is 16.5. The monoisotopic (exact) mass is 315 g/mol. The van der Waals surface area contributed by atoms with Crippen molar-refractivity contribution in [2.45, 2.75) is 51.6 Å². The van der Waals surface area contributed by atoms with Crippen molar-refractivity contribution in [3.63, 3.8) is 0 Å². The quantitative estimate of drug-likeness (QED) is 0.877. The number of nitrogens with zero attached hydrogens (tertiary/aromatic N) is 3. The van der Waals surface area contributed by atoms with Crippen LogP contribution in [0.1, 0.15) is 43.2 Å². The number of aliphatic imine (C=N–C) groups is 2. The van der Waals surface area contributed by atoms with E-state index in [0.717, 1.165) is 48.2 Å². The Morgan fingerprint density at radius 1 is 1.09 bits per heavy atom. The molecule has 124 valence electrons. The summed E-state index contributed by atoms with van der Waals surface area (Å²) in [6, 6.07) is 4.01. The molecule has 0 unspecified atom stereocenters. The van der Waals surface area contributed by atoms with Crippen LogP contribution in [-0.4, -0.2) is 24.7 Å². The lowest BCUT2D eigenvalue weighted by Gasteiger charge is -2.46. The van der Waals surface area contributed by atoms with Gasteiger partial charge in [-0.1, -0.05) is 6.42 Å². The van der Waals surface area contributed by atoms with E-state index in [4.69, 9.17) is 21.2 Å². The van der Waals surface area contributed by atoms with Crippen molar-refractivity contribution in [2.24, 2.45) is 21.5 Å². The zero-order valence-electron chi connectivity index (χ0n) is 14.1. The normalized spacial score (nSPS) is 20.2. The van der Waals surface area contributed by atoms with Gasteiger partial charge in [0.25, 0.3) is 0 Å². The molecule has 0 saturated heterocycles. The van der Waals surface area contributed by atoms with Gasteiger partial charge in [-0.2, -0.15) is 4.99 Å². The summed E-state index contributed by atoms with van der Waals surface area (Å²) in [4.78, 5) is 11.0. The molecular formula is C17H25N5O. The van der Waals surface area contributed by atoms with Gasteiger partial charge in [0.15, 0.2) is 0 Å². The number of rotatable bonds is 2. The second-order valence-corrected chi connectivity index (χ2v) is 6.36. The average molecular weight is 315 g/mol. The van der Waals surface area contributed by atoms with Crippen molar-refractivity contribution in [3.8, 4) is 5.75 Å². The Hall–Kier alpha value is -2.24. The van der Waals surface area contributed by atoms with Crippen molar-refractivity contribution in [3.05, 3.63) is 23.3 Å². The molecule has 1 saturated carbocycles. The highest BCUT2D eigenvalue weighted by Gasteiger charge is 2.43. The molecule has 3 rings (SSSR count). The van der Waals surface area contributed by atoms with Gasteiger partial charge in [0, 0.05) is 5.69 Å². The van der Waals surface area contributed by atoms with E-state index in [0.29, 0.717) is 5.96 Å². The van der Waals surface area contributed by atoms with Crippen LogP contribution in [0.4, 0.5) is 5.69 Å². The predicted octanol–water partition coefficient (Wildman–Crippen LogP) is 2.42. The van der Waals surface area contributed by atoms with E-state index in [1.54, 1.807) is 7.11 Å². The Balaban J connectivity index is 2.13. The molecule has 1 spiro atoms. The summed E-state index contributed by atoms with van der Waals surface area (Å²) in [7, 11) is 1.69. The second-order valence-electron chi connectivity index (χ2n) is 6.36. The Labute approximate surface area is 137 Å². The van der Waals surface area contributed by atoms with Crippen LogP contribution in [0.3, 0.4) is 0 Å². The largest absolute Gasteiger partial charge is 0.496 e. The van der Waals surface area contributed by atoms with Gasteiger partial charge in [-0.3, -0.25) is 4.90 Å². The summed E-state index contributed by atoms with van der Waals surface area (Å²) in [6.45, 7) is 4.14. The summed E-state index contributed by atoms with van der Waals surface area (Å²) in [6.07, 6.45) is 5.34. The maximum Gasteiger partial charge on any atom is 0.220 e. The predicted molar refractivity (Wildman–Crippen MR) is 94.0 cm³/mol. The lowest BCUT2D eigenvalue weighted by molar-refractivity contribution is 0.305. The third-order valence-corrected chi connectivity index (χ3v) is 5.02. The summed E-state index contributed by atoms with van der Waals surface area (Å²) in [5, 5.41) is 0. The summed E-state index contributed by atoms with van der Waals surface area (Å²) in [5.41, 5.74) is 15.1. The van der Waals surface area contributed by atoms with Gasteiger partial charge in [-0.05, 0) is 62.8 Å². The van der Waals surface area contributed by atoms with Gasteiger partial charge in [-0.15, -0.1) is 0 Å². The van der Waals surface area contributed by atoms with Crippen molar-refractivity contribution >= 4 is 17.6 Å². The molecule has 0 radical (unpaired) electrons. The van der Waals surface area contributed by atoms with Gasteiger partial charge in [0.1, 0.15) is 11.4 Å². The van der Waals surface area contributed by atoms with Crippen molar-refractivity contribution in [2.75, 3.05) is 12.0 Å². The molecule has 1 aliphatic heterocycles. The standard InChI is InChI=1S/C17H25N5O/c1-11-12(2)14(23-3)8-7-13(11)22-16(19)20-15(18)21-17(22)9-5-4-6-10-17/h7-8H,4-6,9-10H2,1-3H3,(H4,18,19,20,21). The third-order valence-electron chi connectivity index (χ3n) is 5.02. The first kappa shape index (κ1) is 15.6. The first-order valence-corrected chi connectivity index (χ1v) is 8.12. The zero-order valence-corrected chi connectivity index (χ0v) is 14.1. The van der Waals surface area contributed by atoms with Crippen LogP contribution < -0.4 is 21.1 Å². The van der Waals surface area contributed by atoms with E-state index >= 15 is 0 Å². The number of hydrogen-bond donors (Lipinski definition) is 2. The first-order chi connectivity index (χ1) is 11.0. The second kappa shape index (κ2) is 5.76. The minimum Gasteiger partial charge on any atom is -0.496 e. The molecule has 2 aliphatic rings. The highest BCUT2D eigenvalue weighted by Crippen LogP contribution is 2.41. The molecule has 0 aromatic heterocycles. The molecule has 0 atom stereocenters. The van der Waals surface area contributed by atoms with Gasteiger partial charge in [0.2, 0.25) is 11.9 Å². The summed E-state index contributed by atoms with van der Waals surface area (Å²) < 4.78 is 5.42. The minimum absolute atomic E-state index is 0.281. The molecule has 6 nitrogen and oxygen atoms in total. The third kappa shape index (κ3) is 2.52. The fourth-order valence-corrected chi connectivity index (χ4v) is 3.71. The van der Waals surface area contributed by atoms with Gasteiger partial charge in [-0.25, -0.2) is 4.99 Å². The first-order valence-electron chi connectivity index (χ1n) is 8.12. The Morgan fingerprint density at radius 2 is 1.78 bits per heavy atom. The average Bonchev–Trinajstić information content (AvgIpc) is 2.51. The van der Waals surface area contributed by atoms with Gasteiger partial charge in [0.05, 0.1) is 7.11 Å². The molecule has 1 aromatic carbocycles. The highest BCUT2D eigenvalue weighted by molar-refractivity contribution is 6.06. The maximum atomic E-state index is 6.28. The molecule has 1 aliphatic carbocycles. The molecule has 0 bridgehead atoms. The Kier molecular flexibility index (Phi) is 3.92. The molecule has 23 heavy (non-hydrogen) atoms. The van der Waals surface area contributed by atoms with Crippen LogP contribution in [0.15, 0.2) is 22.1 Å². The lowest BCUT2D eigenvalue weighted by Crippen LogP contribution is -2.58. The number of methoxy groups -OCH3 is 1. The molecule has 1 heterocycles. The molecular weight excluding hydrogens is 290 g/mol. The van der Waals surface area contributed by atoms with Crippen LogP contribution in [0.2, 0.25) is 0 Å². The SMILES string of the molecule is COc1ccc(N2C(N)=NC(N)=NC23CCCCC3)c(C)c1C. The van der Waals surface area contributed by atoms with Crippen molar-refractivity contribution in [1.82, 2.24) is 0 Å². The number of benzene rings is 1. The summed E-state index contributed by atoms with van der Waals surface area (Å²) in [5.74, 6) is 1.58. The minimum atomic E-state index is -0.403. The van der Waals surface area contributed by atoms with E-state index in [1.807, 2.05) is 12.1 Å². The van der Waals surface area contributed by atoms with E-state index in [2.05, 4.69) is 23.7 Å². The fourth-order valence-electron chi connectivity index (χ4n) is 3.71. The zero-order chi connectivity index (χ0) is 16.6. The van der Waals surface area contributed by atoms with Crippen LogP contribution in [0, 0.1) is 13.8 Å². The van der Waals surface area contributed by atoms with Crippen LogP contribution in [0.25, 0.3) is 0 Å². The molecule has 4 N–H and O–H groups in total. The van der Waals surface area contributed by atoms with Crippen molar-refractivity contribution in [1.29, 1.82) is 0 Å². The molecule has 0 amide bonds. The van der Waals surface area contributed by atoms with Gasteiger partial charge >= 0.3 is 0 Å². The topological polar surface area (TPSA) is 89.2 Å². The van der Waals surface area contributed by atoms with Gasteiger partial charge < -0.3 is 16.2 Å². The molecule has 6 heteroatoms.